The predicted molar refractivity (Wildman–Crippen MR) is 83.8 cm³/mol. The van der Waals surface area contributed by atoms with E-state index in [1.165, 1.54) is 44.2 Å². The molecule has 106 valence electrons. The van der Waals surface area contributed by atoms with Gasteiger partial charge in [-0.25, -0.2) is 0 Å². The molecule has 0 saturated heterocycles. The fourth-order valence-electron chi connectivity index (χ4n) is 3.22. The average molecular weight is 280 g/mol. The largest absolute Gasteiger partial charge is 0.313 e. The number of nitrogens with one attached hydrogen (secondary N) is 1. The van der Waals surface area contributed by atoms with E-state index in [1.54, 1.807) is 0 Å². The normalized spacial score (nSPS) is 19.5. The van der Waals surface area contributed by atoms with Crippen molar-refractivity contribution in [2.75, 3.05) is 6.54 Å². The summed E-state index contributed by atoms with van der Waals surface area (Å²) in [5, 5.41) is 4.57. The van der Waals surface area contributed by atoms with E-state index in [-0.39, 0.29) is 0 Å². The van der Waals surface area contributed by atoms with E-state index in [0.29, 0.717) is 11.5 Å². The van der Waals surface area contributed by atoms with E-state index in [1.807, 2.05) is 12.1 Å². The highest BCUT2D eigenvalue weighted by Crippen LogP contribution is 2.40. The lowest BCUT2D eigenvalue weighted by atomic mass is 9.83. The molecule has 1 aliphatic rings. The quantitative estimate of drug-likeness (QED) is 0.786. The van der Waals surface area contributed by atoms with Gasteiger partial charge in [-0.3, -0.25) is 0 Å². The van der Waals surface area contributed by atoms with E-state index >= 15 is 0 Å². The van der Waals surface area contributed by atoms with Gasteiger partial charge in [0.1, 0.15) is 0 Å². The number of rotatable bonds is 6. The fourth-order valence-corrected chi connectivity index (χ4v) is 3.34. The second-order valence-corrected chi connectivity index (χ2v) is 6.61. The fraction of sp³-hybridized carbons (Fsp3) is 0.647. The molecule has 0 spiro atoms. The molecule has 0 aromatic heterocycles. The molecule has 0 heterocycles. The minimum Gasteiger partial charge on any atom is -0.313 e. The van der Waals surface area contributed by atoms with Gasteiger partial charge < -0.3 is 5.32 Å². The van der Waals surface area contributed by atoms with Gasteiger partial charge in [0.25, 0.3) is 0 Å². The van der Waals surface area contributed by atoms with Crippen molar-refractivity contribution in [3.8, 4) is 0 Å². The van der Waals surface area contributed by atoms with Gasteiger partial charge >= 0.3 is 0 Å². The molecular formula is C17H26ClN. The zero-order valence-electron chi connectivity index (χ0n) is 12.2. The summed E-state index contributed by atoms with van der Waals surface area (Å²) < 4.78 is 0. The summed E-state index contributed by atoms with van der Waals surface area (Å²) in [5.41, 5.74) is 1.94. The van der Waals surface area contributed by atoms with E-state index in [0.717, 1.165) is 11.4 Å². The summed E-state index contributed by atoms with van der Waals surface area (Å²) >= 11 is 5.92. The lowest BCUT2D eigenvalue weighted by Gasteiger charge is -2.29. The highest BCUT2D eigenvalue weighted by molar-refractivity contribution is 6.30. The minimum absolute atomic E-state index is 0.533. The average Bonchev–Trinajstić information content (AvgIpc) is 2.89. The molecule has 1 aliphatic carbocycles. The first-order valence-corrected chi connectivity index (χ1v) is 7.99. The Balaban J connectivity index is 1.81. The van der Waals surface area contributed by atoms with Crippen LogP contribution in [0.2, 0.25) is 5.02 Å². The summed E-state index contributed by atoms with van der Waals surface area (Å²) in [4.78, 5) is 0. The SMILES string of the molecule is CCC1(CNC(C)Cc2ccc(Cl)cc2)CCCC1. The van der Waals surface area contributed by atoms with Crippen molar-refractivity contribution in [1.29, 1.82) is 0 Å². The first-order chi connectivity index (χ1) is 9.13. The van der Waals surface area contributed by atoms with E-state index < -0.39 is 0 Å². The molecule has 0 radical (unpaired) electrons. The maximum atomic E-state index is 5.92. The van der Waals surface area contributed by atoms with Gasteiger partial charge in [-0.15, -0.1) is 0 Å². The van der Waals surface area contributed by atoms with Crippen molar-refractivity contribution >= 4 is 11.6 Å². The molecule has 1 aromatic rings. The van der Waals surface area contributed by atoms with Gasteiger partial charge in [0, 0.05) is 17.6 Å². The molecule has 1 saturated carbocycles. The lowest BCUT2D eigenvalue weighted by Crippen LogP contribution is -2.37. The molecule has 1 nitrogen and oxygen atoms in total. The van der Waals surface area contributed by atoms with Gasteiger partial charge in [-0.05, 0) is 55.7 Å². The number of halogens is 1. The Labute approximate surface area is 122 Å². The molecule has 1 atom stereocenters. The standard InChI is InChI=1S/C17H26ClN/c1-3-17(10-4-5-11-17)13-19-14(2)12-15-6-8-16(18)9-7-15/h6-9,14,19H,3-5,10-13H2,1-2H3. The van der Waals surface area contributed by atoms with Crippen LogP contribution in [0.4, 0.5) is 0 Å². The molecule has 0 bridgehead atoms. The minimum atomic E-state index is 0.533. The third kappa shape index (κ3) is 4.22. The van der Waals surface area contributed by atoms with Crippen molar-refractivity contribution in [2.45, 2.75) is 58.4 Å². The first-order valence-electron chi connectivity index (χ1n) is 7.61. The van der Waals surface area contributed by atoms with Gasteiger partial charge in [-0.1, -0.05) is 43.5 Å². The Bertz CT molecular complexity index is 379. The van der Waals surface area contributed by atoms with Crippen LogP contribution in [0.15, 0.2) is 24.3 Å². The zero-order chi connectivity index (χ0) is 13.7. The Morgan fingerprint density at radius 2 is 1.84 bits per heavy atom. The van der Waals surface area contributed by atoms with Gasteiger partial charge in [0.05, 0.1) is 0 Å². The molecule has 1 fully saturated rings. The van der Waals surface area contributed by atoms with Crippen molar-refractivity contribution in [2.24, 2.45) is 5.41 Å². The monoisotopic (exact) mass is 279 g/mol. The second-order valence-electron chi connectivity index (χ2n) is 6.17. The highest BCUT2D eigenvalue weighted by Gasteiger charge is 2.31. The molecule has 0 aliphatic heterocycles. The molecular weight excluding hydrogens is 254 g/mol. The summed E-state index contributed by atoms with van der Waals surface area (Å²) in [6.45, 7) is 5.81. The Hall–Kier alpha value is -0.530. The Morgan fingerprint density at radius 1 is 1.21 bits per heavy atom. The first kappa shape index (κ1) is 14.9. The van der Waals surface area contributed by atoms with Crippen LogP contribution in [-0.2, 0) is 6.42 Å². The van der Waals surface area contributed by atoms with Crippen molar-refractivity contribution in [1.82, 2.24) is 5.32 Å². The molecule has 19 heavy (non-hydrogen) atoms. The van der Waals surface area contributed by atoms with Crippen LogP contribution >= 0.6 is 11.6 Å². The topological polar surface area (TPSA) is 12.0 Å². The van der Waals surface area contributed by atoms with E-state index in [9.17, 15) is 0 Å². The van der Waals surface area contributed by atoms with E-state index in [2.05, 4.69) is 31.3 Å². The van der Waals surface area contributed by atoms with Crippen LogP contribution in [0.3, 0.4) is 0 Å². The van der Waals surface area contributed by atoms with Crippen LogP contribution in [0.25, 0.3) is 0 Å². The van der Waals surface area contributed by atoms with Crippen LogP contribution in [0, 0.1) is 5.41 Å². The van der Waals surface area contributed by atoms with Gasteiger partial charge in [0.15, 0.2) is 0 Å². The molecule has 2 rings (SSSR count). The number of hydrogen-bond acceptors (Lipinski definition) is 1. The van der Waals surface area contributed by atoms with E-state index in [4.69, 9.17) is 11.6 Å². The molecule has 2 heteroatoms. The summed E-state index contributed by atoms with van der Waals surface area (Å²) in [6.07, 6.45) is 8.04. The second kappa shape index (κ2) is 6.76. The predicted octanol–water partition coefficient (Wildman–Crippen LogP) is 4.83. The molecule has 1 unspecified atom stereocenters. The zero-order valence-corrected chi connectivity index (χ0v) is 13.0. The lowest BCUT2D eigenvalue weighted by molar-refractivity contribution is 0.258. The van der Waals surface area contributed by atoms with Crippen LogP contribution in [-0.4, -0.2) is 12.6 Å². The van der Waals surface area contributed by atoms with Crippen molar-refractivity contribution in [3.63, 3.8) is 0 Å². The molecule has 1 N–H and O–H groups in total. The maximum absolute atomic E-state index is 5.92. The highest BCUT2D eigenvalue weighted by atomic mass is 35.5. The summed E-state index contributed by atoms with van der Waals surface area (Å²) in [5.74, 6) is 0. The summed E-state index contributed by atoms with van der Waals surface area (Å²) in [6, 6.07) is 8.75. The van der Waals surface area contributed by atoms with Crippen molar-refractivity contribution < 1.29 is 0 Å². The van der Waals surface area contributed by atoms with Crippen molar-refractivity contribution in [3.05, 3.63) is 34.9 Å². The third-order valence-corrected chi connectivity index (χ3v) is 4.95. The summed E-state index contributed by atoms with van der Waals surface area (Å²) in [7, 11) is 0. The molecule has 1 aromatic carbocycles. The molecule has 0 amide bonds. The van der Waals surface area contributed by atoms with Gasteiger partial charge in [-0.2, -0.15) is 0 Å². The number of hydrogen-bond donors (Lipinski definition) is 1. The maximum Gasteiger partial charge on any atom is 0.0406 e. The van der Waals surface area contributed by atoms with Gasteiger partial charge in [0.2, 0.25) is 0 Å². The van der Waals surface area contributed by atoms with Crippen LogP contribution in [0.5, 0.6) is 0 Å². The van der Waals surface area contributed by atoms with Crippen LogP contribution < -0.4 is 5.32 Å². The Morgan fingerprint density at radius 3 is 2.42 bits per heavy atom. The Kier molecular flexibility index (Phi) is 5.29. The third-order valence-electron chi connectivity index (χ3n) is 4.69. The number of benzene rings is 1. The van der Waals surface area contributed by atoms with Crippen LogP contribution in [0.1, 0.15) is 51.5 Å². The smallest absolute Gasteiger partial charge is 0.0406 e.